The van der Waals surface area contributed by atoms with Crippen LogP contribution in [0.25, 0.3) is 0 Å². The Hall–Kier alpha value is -0.120. The molecular weight excluding hydrogens is 234 g/mol. The first-order valence-corrected chi connectivity index (χ1v) is 8.02. The van der Waals surface area contributed by atoms with Gasteiger partial charge < -0.3 is 15.1 Å². The lowest BCUT2D eigenvalue weighted by Gasteiger charge is -2.35. The first-order chi connectivity index (χ1) is 8.88. The van der Waals surface area contributed by atoms with Gasteiger partial charge in [-0.2, -0.15) is 0 Å². The number of nitrogens with zero attached hydrogens (tertiary/aromatic N) is 2. The van der Waals surface area contributed by atoms with Crippen molar-refractivity contribution in [1.82, 2.24) is 15.1 Å². The Balaban J connectivity index is 2.00. The monoisotopic (exact) mass is 269 g/mol. The van der Waals surface area contributed by atoms with Crippen LogP contribution in [0, 0.1) is 0 Å². The fourth-order valence-electron chi connectivity index (χ4n) is 2.74. The molecular formula is C16H35N3. The van der Waals surface area contributed by atoms with E-state index in [0.717, 1.165) is 12.6 Å². The number of rotatable bonds is 7. The van der Waals surface area contributed by atoms with Crippen molar-refractivity contribution in [2.45, 2.75) is 64.5 Å². The van der Waals surface area contributed by atoms with Gasteiger partial charge in [-0.1, -0.05) is 6.42 Å². The summed E-state index contributed by atoms with van der Waals surface area (Å²) in [7, 11) is 4.54. The lowest BCUT2D eigenvalue weighted by molar-refractivity contribution is 0.142. The average Bonchev–Trinajstić information content (AvgIpc) is 2.33. The second-order valence-corrected chi connectivity index (χ2v) is 7.25. The Morgan fingerprint density at radius 3 is 2.32 bits per heavy atom. The molecule has 3 nitrogen and oxygen atoms in total. The minimum atomic E-state index is 0.269. The molecule has 0 aromatic heterocycles. The van der Waals surface area contributed by atoms with Crippen molar-refractivity contribution < 1.29 is 0 Å². The lowest BCUT2D eigenvalue weighted by atomic mass is 10.0. The summed E-state index contributed by atoms with van der Waals surface area (Å²) in [5.41, 5.74) is 0.269. The largest absolute Gasteiger partial charge is 0.312 e. The number of nitrogens with one attached hydrogen (secondary N) is 1. The Kier molecular flexibility index (Phi) is 7.33. The van der Waals surface area contributed by atoms with Gasteiger partial charge in [-0.05, 0) is 86.7 Å². The maximum atomic E-state index is 3.56. The van der Waals surface area contributed by atoms with Gasteiger partial charge in [0, 0.05) is 11.6 Å². The molecule has 19 heavy (non-hydrogen) atoms. The second-order valence-electron chi connectivity index (χ2n) is 7.25. The zero-order chi connectivity index (χ0) is 14.3. The summed E-state index contributed by atoms with van der Waals surface area (Å²) in [5.74, 6) is 0. The van der Waals surface area contributed by atoms with Crippen LogP contribution in [0.5, 0.6) is 0 Å². The molecule has 1 aliphatic heterocycles. The van der Waals surface area contributed by atoms with Crippen LogP contribution in [0.15, 0.2) is 0 Å². The van der Waals surface area contributed by atoms with Crippen molar-refractivity contribution in [1.29, 1.82) is 0 Å². The van der Waals surface area contributed by atoms with Gasteiger partial charge in [-0.25, -0.2) is 0 Å². The van der Waals surface area contributed by atoms with Crippen LogP contribution in [0.1, 0.15) is 52.9 Å². The standard InChI is InChI=1S/C16H35N3/c1-16(2,3)17-11-7-6-8-12-19(5)15-9-13-18(4)14-10-15/h15,17H,6-14H2,1-5H3. The Bertz CT molecular complexity index is 227. The summed E-state index contributed by atoms with van der Waals surface area (Å²) in [5, 5.41) is 3.56. The highest BCUT2D eigenvalue weighted by Crippen LogP contribution is 2.14. The van der Waals surface area contributed by atoms with Crippen molar-refractivity contribution in [3.05, 3.63) is 0 Å². The minimum absolute atomic E-state index is 0.269. The van der Waals surface area contributed by atoms with Crippen LogP contribution >= 0.6 is 0 Å². The molecule has 0 aliphatic carbocycles. The highest BCUT2D eigenvalue weighted by atomic mass is 15.2. The highest BCUT2D eigenvalue weighted by Gasteiger charge is 2.19. The van der Waals surface area contributed by atoms with Gasteiger partial charge in [-0.15, -0.1) is 0 Å². The van der Waals surface area contributed by atoms with E-state index in [1.54, 1.807) is 0 Å². The number of hydrogen-bond donors (Lipinski definition) is 1. The Morgan fingerprint density at radius 1 is 1.11 bits per heavy atom. The topological polar surface area (TPSA) is 18.5 Å². The van der Waals surface area contributed by atoms with E-state index in [9.17, 15) is 0 Å². The third-order valence-corrected chi connectivity index (χ3v) is 4.15. The maximum Gasteiger partial charge on any atom is 0.0117 e. The SMILES string of the molecule is CN1CCC(N(C)CCCCCNC(C)(C)C)CC1. The summed E-state index contributed by atoms with van der Waals surface area (Å²) in [6.45, 7) is 11.7. The van der Waals surface area contributed by atoms with Crippen LogP contribution in [-0.4, -0.2) is 61.7 Å². The summed E-state index contributed by atoms with van der Waals surface area (Å²) < 4.78 is 0. The fraction of sp³-hybridized carbons (Fsp3) is 1.00. The molecule has 1 saturated heterocycles. The predicted molar refractivity (Wildman–Crippen MR) is 84.8 cm³/mol. The third-order valence-electron chi connectivity index (χ3n) is 4.15. The van der Waals surface area contributed by atoms with Crippen LogP contribution in [0.2, 0.25) is 0 Å². The zero-order valence-corrected chi connectivity index (χ0v) is 13.8. The minimum Gasteiger partial charge on any atom is -0.312 e. The highest BCUT2D eigenvalue weighted by molar-refractivity contribution is 4.76. The molecule has 0 aromatic carbocycles. The van der Waals surface area contributed by atoms with Crippen molar-refractivity contribution >= 4 is 0 Å². The van der Waals surface area contributed by atoms with E-state index in [-0.39, 0.29) is 5.54 Å². The van der Waals surface area contributed by atoms with E-state index < -0.39 is 0 Å². The summed E-state index contributed by atoms with van der Waals surface area (Å²) in [6.07, 6.45) is 6.68. The first-order valence-electron chi connectivity index (χ1n) is 8.02. The molecule has 1 rings (SSSR count). The van der Waals surface area contributed by atoms with Gasteiger partial charge in [0.1, 0.15) is 0 Å². The quantitative estimate of drug-likeness (QED) is 0.717. The maximum absolute atomic E-state index is 3.56. The predicted octanol–water partition coefficient (Wildman–Crippen LogP) is 2.57. The summed E-state index contributed by atoms with van der Waals surface area (Å²) in [6, 6.07) is 0.823. The van der Waals surface area contributed by atoms with Gasteiger partial charge in [0.25, 0.3) is 0 Å². The average molecular weight is 269 g/mol. The molecule has 1 N–H and O–H groups in total. The first kappa shape index (κ1) is 16.9. The smallest absolute Gasteiger partial charge is 0.0117 e. The van der Waals surface area contributed by atoms with E-state index in [4.69, 9.17) is 0 Å². The van der Waals surface area contributed by atoms with Gasteiger partial charge in [0.05, 0.1) is 0 Å². The van der Waals surface area contributed by atoms with Crippen LogP contribution in [0.4, 0.5) is 0 Å². The van der Waals surface area contributed by atoms with E-state index >= 15 is 0 Å². The molecule has 1 heterocycles. The van der Waals surface area contributed by atoms with Gasteiger partial charge in [0.15, 0.2) is 0 Å². The second kappa shape index (κ2) is 8.23. The molecule has 0 aromatic rings. The van der Waals surface area contributed by atoms with E-state index in [0.29, 0.717) is 0 Å². The molecule has 114 valence electrons. The van der Waals surface area contributed by atoms with Gasteiger partial charge in [0.2, 0.25) is 0 Å². The number of piperidine rings is 1. The van der Waals surface area contributed by atoms with E-state index in [1.165, 1.54) is 51.7 Å². The van der Waals surface area contributed by atoms with Gasteiger partial charge >= 0.3 is 0 Å². The molecule has 0 radical (unpaired) electrons. The molecule has 0 spiro atoms. The van der Waals surface area contributed by atoms with Crippen LogP contribution < -0.4 is 5.32 Å². The van der Waals surface area contributed by atoms with Crippen molar-refractivity contribution in [2.75, 3.05) is 40.3 Å². The normalized spacial score (nSPS) is 19.3. The fourth-order valence-corrected chi connectivity index (χ4v) is 2.74. The molecule has 1 fully saturated rings. The zero-order valence-electron chi connectivity index (χ0n) is 13.8. The molecule has 3 heteroatoms. The van der Waals surface area contributed by atoms with E-state index in [2.05, 4.69) is 50.0 Å². The molecule has 1 aliphatic rings. The molecule has 0 amide bonds. The number of hydrogen-bond acceptors (Lipinski definition) is 3. The number of unbranched alkanes of at least 4 members (excludes halogenated alkanes) is 2. The Morgan fingerprint density at radius 2 is 1.74 bits per heavy atom. The summed E-state index contributed by atoms with van der Waals surface area (Å²) in [4.78, 5) is 5.03. The summed E-state index contributed by atoms with van der Waals surface area (Å²) >= 11 is 0. The molecule has 0 unspecified atom stereocenters. The van der Waals surface area contributed by atoms with E-state index in [1.807, 2.05) is 0 Å². The molecule has 0 bridgehead atoms. The molecule has 0 saturated carbocycles. The lowest BCUT2D eigenvalue weighted by Crippen LogP contribution is -2.42. The van der Waals surface area contributed by atoms with Crippen molar-refractivity contribution in [3.63, 3.8) is 0 Å². The van der Waals surface area contributed by atoms with Crippen molar-refractivity contribution in [2.24, 2.45) is 0 Å². The number of likely N-dealkylation sites (tertiary alicyclic amines) is 1. The van der Waals surface area contributed by atoms with Crippen LogP contribution in [-0.2, 0) is 0 Å². The Labute approximate surface area is 120 Å². The van der Waals surface area contributed by atoms with Crippen LogP contribution in [0.3, 0.4) is 0 Å². The van der Waals surface area contributed by atoms with Gasteiger partial charge in [-0.3, -0.25) is 0 Å². The third kappa shape index (κ3) is 7.91. The van der Waals surface area contributed by atoms with Crippen molar-refractivity contribution in [3.8, 4) is 0 Å². The molecule has 0 atom stereocenters.